The summed E-state index contributed by atoms with van der Waals surface area (Å²) in [7, 11) is 0. The maximum absolute atomic E-state index is 4.23. The lowest BCUT2D eigenvalue weighted by Gasteiger charge is -2.02. The van der Waals surface area contributed by atoms with Crippen LogP contribution in [-0.4, -0.2) is 9.97 Å². The van der Waals surface area contributed by atoms with Crippen molar-refractivity contribution in [3.05, 3.63) is 23.8 Å². The first kappa shape index (κ1) is 7.19. The third-order valence-electron chi connectivity index (χ3n) is 1.32. The van der Waals surface area contributed by atoms with E-state index < -0.39 is 0 Å². The molecular formula is C8H11N2. The van der Waals surface area contributed by atoms with Gasteiger partial charge in [0, 0.05) is 5.69 Å². The van der Waals surface area contributed by atoms with Gasteiger partial charge in [0.2, 0.25) is 0 Å². The van der Waals surface area contributed by atoms with Crippen LogP contribution in [0.5, 0.6) is 0 Å². The average molecular weight is 135 g/mol. The van der Waals surface area contributed by atoms with Crippen LogP contribution in [0.15, 0.2) is 6.07 Å². The summed E-state index contributed by atoms with van der Waals surface area (Å²) in [6, 6.07) is 1.83. The molecule has 1 radical (unpaired) electrons. The summed E-state index contributed by atoms with van der Waals surface area (Å²) < 4.78 is 0. The Balaban J connectivity index is 2.96. The van der Waals surface area contributed by atoms with Crippen molar-refractivity contribution in [3.8, 4) is 0 Å². The topological polar surface area (TPSA) is 25.8 Å². The molecular weight excluding hydrogens is 124 g/mol. The van der Waals surface area contributed by atoms with Gasteiger partial charge in [0.25, 0.3) is 0 Å². The van der Waals surface area contributed by atoms with Gasteiger partial charge in [0.1, 0.15) is 5.82 Å². The Morgan fingerprint density at radius 2 is 2.20 bits per heavy atom. The highest BCUT2D eigenvalue weighted by Crippen LogP contribution is 2.08. The quantitative estimate of drug-likeness (QED) is 0.585. The minimum absolute atomic E-state index is 0.470. The van der Waals surface area contributed by atoms with E-state index in [1.807, 2.05) is 13.0 Å². The number of aromatic nitrogens is 2. The van der Waals surface area contributed by atoms with Gasteiger partial charge in [-0.05, 0) is 18.9 Å². The van der Waals surface area contributed by atoms with E-state index >= 15 is 0 Å². The van der Waals surface area contributed by atoms with E-state index in [9.17, 15) is 0 Å². The summed E-state index contributed by atoms with van der Waals surface area (Å²) in [6.07, 6.45) is 2.80. The second kappa shape index (κ2) is 2.78. The molecule has 0 spiro atoms. The minimum Gasteiger partial charge on any atom is -0.238 e. The summed E-state index contributed by atoms with van der Waals surface area (Å²) in [5, 5.41) is 0. The normalized spacial score (nSPS) is 10.4. The van der Waals surface area contributed by atoms with Gasteiger partial charge >= 0.3 is 0 Å². The maximum Gasteiger partial charge on any atom is 0.126 e. The van der Waals surface area contributed by atoms with Crippen LogP contribution >= 0.6 is 0 Å². The van der Waals surface area contributed by atoms with Crippen LogP contribution in [0.25, 0.3) is 0 Å². The second-order valence-electron chi connectivity index (χ2n) is 2.62. The molecule has 2 nitrogen and oxygen atoms in total. The highest BCUT2D eigenvalue weighted by molar-refractivity contribution is 5.04. The molecule has 0 aliphatic carbocycles. The summed E-state index contributed by atoms with van der Waals surface area (Å²) >= 11 is 0. The lowest BCUT2D eigenvalue weighted by molar-refractivity contribution is 0.800. The van der Waals surface area contributed by atoms with E-state index in [-0.39, 0.29) is 0 Å². The molecule has 1 aromatic heterocycles. The van der Waals surface area contributed by atoms with Gasteiger partial charge in [-0.25, -0.2) is 9.97 Å². The van der Waals surface area contributed by atoms with Crippen LogP contribution in [-0.2, 0) is 0 Å². The van der Waals surface area contributed by atoms with Crippen LogP contribution in [0.3, 0.4) is 0 Å². The number of rotatable bonds is 1. The van der Waals surface area contributed by atoms with E-state index in [1.165, 1.54) is 0 Å². The molecule has 0 bridgehead atoms. The van der Waals surface area contributed by atoms with Crippen molar-refractivity contribution in [1.29, 1.82) is 0 Å². The van der Waals surface area contributed by atoms with Crippen molar-refractivity contribution < 1.29 is 0 Å². The molecule has 1 aromatic rings. The van der Waals surface area contributed by atoms with E-state index in [0.29, 0.717) is 5.92 Å². The zero-order valence-corrected chi connectivity index (χ0v) is 6.55. The third-order valence-corrected chi connectivity index (χ3v) is 1.32. The first-order chi connectivity index (χ1) is 4.70. The van der Waals surface area contributed by atoms with Gasteiger partial charge in [-0.3, -0.25) is 0 Å². The first-order valence-electron chi connectivity index (χ1n) is 3.42. The molecule has 1 heterocycles. The Morgan fingerprint density at radius 1 is 1.50 bits per heavy atom. The Kier molecular flexibility index (Phi) is 2.00. The Morgan fingerprint density at radius 3 is 2.60 bits per heavy atom. The van der Waals surface area contributed by atoms with Gasteiger partial charge in [-0.15, -0.1) is 0 Å². The van der Waals surface area contributed by atoms with Crippen molar-refractivity contribution in [1.82, 2.24) is 9.97 Å². The van der Waals surface area contributed by atoms with E-state index in [1.54, 1.807) is 0 Å². The Labute approximate surface area is 61.3 Å². The Hall–Kier alpha value is -0.920. The highest BCUT2D eigenvalue weighted by Gasteiger charge is 1.99. The lowest BCUT2D eigenvalue weighted by atomic mass is 10.1. The molecule has 0 unspecified atom stereocenters. The van der Waals surface area contributed by atoms with Crippen molar-refractivity contribution in [2.45, 2.75) is 26.7 Å². The molecule has 1 rings (SSSR count). The van der Waals surface area contributed by atoms with E-state index in [2.05, 4.69) is 30.0 Å². The van der Waals surface area contributed by atoms with Gasteiger partial charge in [0.15, 0.2) is 0 Å². The molecule has 0 atom stereocenters. The van der Waals surface area contributed by atoms with E-state index in [4.69, 9.17) is 0 Å². The largest absolute Gasteiger partial charge is 0.238 e. The zero-order chi connectivity index (χ0) is 7.56. The standard InChI is InChI=1S/C8H11N2/c1-6(2)8-4-5-9-7(3)10-8/h4,6H,1-3H3. The average Bonchev–Trinajstić information content (AvgIpc) is 1.88. The van der Waals surface area contributed by atoms with Crippen LogP contribution in [0.4, 0.5) is 0 Å². The number of nitrogens with zero attached hydrogens (tertiary/aromatic N) is 2. The maximum atomic E-state index is 4.23. The summed E-state index contributed by atoms with van der Waals surface area (Å²) in [6.45, 7) is 6.09. The molecule has 0 saturated heterocycles. The van der Waals surface area contributed by atoms with Gasteiger partial charge < -0.3 is 0 Å². The lowest BCUT2D eigenvalue weighted by Crippen LogP contribution is -1.95. The predicted molar refractivity (Wildman–Crippen MR) is 39.7 cm³/mol. The molecule has 0 aliphatic heterocycles. The predicted octanol–water partition coefficient (Wildman–Crippen LogP) is 1.71. The van der Waals surface area contributed by atoms with Crippen LogP contribution in [0, 0.1) is 13.1 Å². The number of hydrogen-bond donors (Lipinski definition) is 0. The molecule has 0 fully saturated rings. The fourth-order valence-corrected chi connectivity index (χ4v) is 0.732. The van der Waals surface area contributed by atoms with Gasteiger partial charge in [0.05, 0.1) is 6.20 Å². The van der Waals surface area contributed by atoms with Crippen LogP contribution in [0.1, 0.15) is 31.3 Å². The zero-order valence-electron chi connectivity index (χ0n) is 6.55. The molecule has 0 amide bonds. The monoisotopic (exact) mass is 135 g/mol. The minimum atomic E-state index is 0.470. The highest BCUT2D eigenvalue weighted by atomic mass is 14.9. The van der Waals surface area contributed by atoms with Crippen molar-refractivity contribution in [2.75, 3.05) is 0 Å². The number of hydrogen-bond acceptors (Lipinski definition) is 2. The Bertz CT molecular complexity index is 218. The van der Waals surface area contributed by atoms with E-state index in [0.717, 1.165) is 11.5 Å². The fourth-order valence-electron chi connectivity index (χ4n) is 0.732. The molecule has 0 aromatic carbocycles. The number of aryl methyl sites for hydroxylation is 1. The SMILES string of the molecule is Cc1n[c]cc(C(C)C)n1. The smallest absolute Gasteiger partial charge is 0.126 e. The summed E-state index contributed by atoms with van der Waals surface area (Å²) in [5.74, 6) is 1.27. The molecule has 2 heteroatoms. The molecule has 53 valence electrons. The van der Waals surface area contributed by atoms with Crippen molar-refractivity contribution in [2.24, 2.45) is 0 Å². The first-order valence-corrected chi connectivity index (χ1v) is 3.42. The molecule has 0 saturated carbocycles. The molecule has 10 heavy (non-hydrogen) atoms. The van der Waals surface area contributed by atoms with Crippen LogP contribution in [0.2, 0.25) is 0 Å². The third kappa shape index (κ3) is 1.53. The second-order valence-corrected chi connectivity index (χ2v) is 2.62. The van der Waals surface area contributed by atoms with Gasteiger partial charge in [-0.1, -0.05) is 13.8 Å². The van der Waals surface area contributed by atoms with Crippen molar-refractivity contribution in [3.63, 3.8) is 0 Å². The van der Waals surface area contributed by atoms with Crippen molar-refractivity contribution >= 4 is 0 Å². The fraction of sp³-hybridized carbons (Fsp3) is 0.500. The van der Waals surface area contributed by atoms with Crippen LogP contribution < -0.4 is 0 Å². The summed E-state index contributed by atoms with van der Waals surface area (Å²) in [5.41, 5.74) is 1.06. The molecule has 0 N–H and O–H groups in total. The van der Waals surface area contributed by atoms with Gasteiger partial charge in [-0.2, -0.15) is 0 Å². The molecule has 0 aliphatic rings. The summed E-state index contributed by atoms with van der Waals surface area (Å²) in [4.78, 5) is 8.12.